The highest BCUT2D eigenvalue weighted by Crippen LogP contribution is 2.36. The largest absolute Gasteiger partial charge is 0.491 e. The topological polar surface area (TPSA) is 81.4 Å². The van der Waals surface area contributed by atoms with E-state index in [0.29, 0.717) is 11.8 Å². The zero-order valence-electron chi connectivity index (χ0n) is 14.5. The Labute approximate surface area is 160 Å². The van der Waals surface area contributed by atoms with Crippen LogP contribution >= 0.6 is 0 Å². The molecular formula is C19H17F3N2O3S. The van der Waals surface area contributed by atoms with Gasteiger partial charge in [-0.2, -0.15) is 13.2 Å². The first-order chi connectivity index (χ1) is 13.2. The SMILES string of the molecule is NS(=O)(=O)c1ccc(NCCOc2cccc3ccccc23)c(C(F)(F)F)c1. The molecular weight excluding hydrogens is 393 g/mol. The van der Waals surface area contributed by atoms with Gasteiger partial charge in [-0.05, 0) is 29.7 Å². The summed E-state index contributed by atoms with van der Waals surface area (Å²) in [6, 6.07) is 15.7. The van der Waals surface area contributed by atoms with Gasteiger partial charge < -0.3 is 10.1 Å². The number of benzene rings is 3. The van der Waals surface area contributed by atoms with Crippen molar-refractivity contribution in [1.82, 2.24) is 0 Å². The molecule has 0 fully saturated rings. The Morgan fingerprint density at radius 3 is 2.43 bits per heavy atom. The van der Waals surface area contributed by atoms with Gasteiger partial charge in [0, 0.05) is 17.6 Å². The second-order valence-corrected chi connectivity index (χ2v) is 7.56. The minimum Gasteiger partial charge on any atom is -0.491 e. The molecule has 0 radical (unpaired) electrons. The molecule has 0 aliphatic heterocycles. The van der Waals surface area contributed by atoms with E-state index in [0.717, 1.165) is 22.9 Å². The second-order valence-electron chi connectivity index (χ2n) is 6.00. The van der Waals surface area contributed by atoms with Gasteiger partial charge in [-0.25, -0.2) is 13.6 Å². The maximum absolute atomic E-state index is 13.3. The Morgan fingerprint density at radius 1 is 1.00 bits per heavy atom. The van der Waals surface area contributed by atoms with Crippen molar-refractivity contribution in [3.63, 3.8) is 0 Å². The summed E-state index contributed by atoms with van der Waals surface area (Å²) in [5.41, 5.74) is -1.36. The quantitative estimate of drug-likeness (QED) is 0.602. The third kappa shape index (κ3) is 4.55. The number of halogens is 3. The normalized spacial score (nSPS) is 12.1. The smallest absolute Gasteiger partial charge is 0.418 e. The van der Waals surface area contributed by atoms with Gasteiger partial charge in [0.2, 0.25) is 10.0 Å². The van der Waals surface area contributed by atoms with Crippen molar-refractivity contribution < 1.29 is 26.3 Å². The van der Waals surface area contributed by atoms with Crippen LogP contribution < -0.4 is 15.2 Å². The minimum atomic E-state index is -4.74. The molecule has 0 spiro atoms. The van der Waals surface area contributed by atoms with Gasteiger partial charge in [-0.15, -0.1) is 0 Å². The summed E-state index contributed by atoms with van der Waals surface area (Å²) in [5, 5.41) is 9.44. The van der Waals surface area contributed by atoms with Crippen molar-refractivity contribution in [2.24, 2.45) is 5.14 Å². The molecule has 0 atom stereocenters. The molecule has 0 aromatic heterocycles. The molecule has 0 heterocycles. The molecule has 3 aromatic rings. The van der Waals surface area contributed by atoms with Crippen LogP contribution in [0, 0.1) is 0 Å². The number of nitrogens with one attached hydrogen (secondary N) is 1. The standard InChI is InChI=1S/C19H17F3N2O3S/c20-19(21,22)16-12-14(28(23,25)26)8-9-17(16)24-10-11-27-18-7-3-5-13-4-1-2-6-15(13)18/h1-9,12,24H,10-11H2,(H2,23,25,26). The number of anilines is 1. The first-order valence-electron chi connectivity index (χ1n) is 8.25. The molecule has 0 aliphatic carbocycles. The van der Waals surface area contributed by atoms with Gasteiger partial charge >= 0.3 is 6.18 Å². The summed E-state index contributed by atoms with van der Waals surface area (Å²) < 4.78 is 68.1. The average molecular weight is 410 g/mol. The van der Waals surface area contributed by atoms with Crippen LogP contribution in [0.4, 0.5) is 18.9 Å². The predicted octanol–water partition coefficient (Wildman–Crippen LogP) is 4.00. The summed E-state index contributed by atoms with van der Waals surface area (Å²) in [6.07, 6.45) is -4.74. The second kappa shape index (κ2) is 7.69. The summed E-state index contributed by atoms with van der Waals surface area (Å²) in [5.74, 6) is 0.625. The third-order valence-corrected chi connectivity index (χ3v) is 4.96. The number of fused-ring (bicyclic) bond motifs is 1. The molecule has 0 amide bonds. The zero-order chi connectivity index (χ0) is 20.4. The van der Waals surface area contributed by atoms with Crippen LogP contribution in [0.5, 0.6) is 5.75 Å². The molecule has 3 N–H and O–H groups in total. The number of alkyl halides is 3. The van der Waals surface area contributed by atoms with Crippen LogP contribution in [-0.2, 0) is 16.2 Å². The monoisotopic (exact) mass is 410 g/mol. The zero-order valence-corrected chi connectivity index (χ0v) is 15.3. The first kappa shape index (κ1) is 20.0. The Bertz CT molecular complexity index is 1090. The Balaban J connectivity index is 1.72. The number of ether oxygens (including phenoxy) is 1. The van der Waals surface area contributed by atoms with Crippen LogP contribution in [0.25, 0.3) is 10.8 Å². The fourth-order valence-electron chi connectivity index (χ4n) is 2.76. The number of primary sulfonamides is 1. The van der Waals surface area contributed by atoms with Gasteiger partial charge in [-0.3, -0.25) is 0 Å². The van der Waals surface area contributed by atoms with Crippen molar-refractivity contribution in [2.45, 2.75) is 11.1 Å². The van der Waals surface area contributed by atoms with Crippen LogP contribution in [-0.4, -0.2) is 21.6 Å². The third-order valence-electron chi connectivity index (χ3n) is 4.05. The van der Waals surface area contributed by atoms with E-state index in [9.17, 15) is 21.6 Å². The summed E-state index contributed by atoms with van der Waals surface area (Å²) >= 11 is 0. The fourth-order valence-corrected chi connectivity index (χ4v) is 3.30. The van der Waals surface area contributed by atoms with Gasteiger partial charge in [0.15, 0.2) is 0 Å². The van der Waals surface area contributed by atoms with E-state index in [1.807, 2.05) is 36.4 Å². The molecule has 3 aromatic carbocycles. The number of nitrogens with two attached hydrogens (primary N) is 1. The van der Waals surface area contributed by atoms with Crippen molar-refractivity contribution in [3.8, 4) is 5.75 Å². The van der Waals surface area contributed by atoms with E-state index in [-0.39, 0.29) is 18.8 Å². The maximum atomic E-state index is 13.3. The molecule has 9 heteroatoms. The lowest BCUT2D eigenvalue weighted by molar-refractivity contribution is -0.137. The molecule has 0 unspecified atom stereocenters. The highest BCUT2D eigenvalue weighted by Gasteiger charge is 2.34. The predicted molar refractivity (Wildman–Crippen MR) is 101 cm³/mol. The average Bonchev–Trinajstić information content (AvgIpc) is 2.63. The van der Waals surface area contributed by atoms with Gasteiger partial charge in [0.05, 0.1) is 10.5 Å². The first-order valence-corrected chi connectivity index (χ1v) is 9.79. The van der Waals surface area contributed by atoms with E-state index in [1.165, 1.54) is 0 Å². The van der Waals surface area contributed by atoms with Crippen LogP contribution in [0.2, 0.25) is 0 Å². The Morgan fingerprint density at radius 2 is 1.71 bits per heavy atom. The van der Waals surface area contributed by atoms with Crippen LogP contribution in [0.15, 0.2) is 65.6 Å². The molecule has 28 heavy (non-hydrogen) atoms. The Hall–Kier alpha value is -2.78. The van der Waals surface area contributed by atoms with Crippen LogP contribution in [0.3, 0.4) is 0 Å². The highest BCUT2D eigenvalue weighted by atomic mass is 32.2. The molecule has 0 saturated carbocycles. The van der Waals surface area contributed by atoms with E-state index < -0.39 is 26.7 Å². The van der Waals surface area contributed by atoms with Gasteiger partial charge in [0.1, 0.15) is 12.4 Å². The van der Waals surface area contributed by atoms with Crippen molar-refractivity contribution >= 4 is 26.5 Å². The molecule has 0 bridgehead atoms. The van der Waals surface area contributed by atoms with Gasteiger partial charge in [0.25, 0.3) is 0 Å². The highest BCUT2D eigenvalue weighted by molar-refractivity contribution is 7.89. The lowest BCUT2D eigenvalue weighted by Crippen LogP contribution is -2.18. The molecule has 0 aliphatic rings. The molecule has 0 saturated heterocycles. The molecule has 148 valence electrons. The summed E-state index contributed by atoms with van der Waals surface area (Å²) in [7, 11) is -4.24. The van der Waals surface area contributed by atoms with Crippen molar-refractivity contribution in [1.29, 1.82) is 0 Å². The number of sulfonamides is 1. The summed E-state index contributed by atoms with van der Waals surface area (Å²) in [6.45, 7) is 0.198. The number of rotatable bonds is 6. The Kier molecular flexibility index (Phi) is 5.48. The maximum Gasteiger partial charge on any atom is 0.418 e. The minimum absolute atomic E-state index is 0.0843. The van der Waals surface area contributed by atoms with E-state index in [2.05, 4.69) is 5.32 Å². The summed E-state index contributed by atoms with van der Waals surface area (Å²) in [4.78, 5) is -0.600. The van der Waals surface area contributed by atoms with Gasteiger partial charge in [-0.1, -0.05) is 36.4 Å². The number of hydrogen-bond acceptors (Lipinski definition) is 4. The molecule has 3 rings (SSSR count). The lowest BCUT2D eigenvalue weighted by atomic mass is 10.1. The van der Waals surface area contributed by atoms with E-state index in [4.69, 9.17) is 9.88 Å². The van der Waals surface area contributed by atoms with Crippen molar-refractivity contribution in [2.75, 3.05) is 18.5 Å². The van der Waals surface area contributed by atoms with Crippen LogP contribution in [0.1, 0.15) is 5.56 Å². The number of hydrogen-bond donors (Lipinski definition) is 2. The van der Waals surface area contributed by atoms with E-state index >= 15 is 0 Å². The van der Waals surface area contributed by atoms with E-state index in [1.54, 1.807) is 6.07 Å². The molecule has 5 nitrogen and oxygen atoms in total. The fraction of sp³-hybridized carbons (Fsp3) is 0.158. The van der Waals surface area contributed by atoms with Crippen molar-refractivity contribution in [3.05, 3.63) is 66.2 Å². The lowest BCUT2D eigenvalue weighted by Gasteiger charge is -2.16.